The Morgan fingerprint density at radius 1 is 1.35 bits per heavy atom. The highest BCUT2D eigenvalue weighted by atomic mass is 16.2. The molecule has 0 radical (unpaired) electrons. The summed E-state index contributed by atoms with van der Waals surface area (Å²) in [4.78, 5) is 13.2. The summed E-state index contributed by atoms with van der Waals surface area (Å²) in [5.74, 6) is -0.0868. The van der Waals surface area contributed by atoms with E-state index < -0.39 is 0 Å². The minimum absolute atomic E-state index is 0.0868. The number of rotatable bonds is 4. The first kappa shape index (κ1) is 14.1. The van der Waals surface area contributed by atoms with E-state index >= 15 is 0 Å². The zero-order valence-electron chi connectivity index (χ0n) is 12.1. The number of likely N-dealkylation sites (N-methyl/N-ethyl adjacent to an activating group) is 1. The van der Waals surface area contributed by atoms with Gasteiger partial charge >= 0.3 is 0 Å². The van der Waals surface area contributed by atoms with Gasteiger partial charge in [0.1, 0.15) is 0 Å². The maximum absolute atomic E-state index is 11.6. The Morgan fingerprint density at radius 2 is 2.00 bits per heavy atom. The number of carbonyl (C=O) groups is 1. The first-order valence-corrected chi connectivity index (χ1v) is 6.52. The molecule has 0 unspecified atom stereocenters. The Bertz CT molecular complexity index is 629. The summed E-state index contributed by atoms with van der Waals surface area (Å²) in [6.07, 6.45) is 1.33. The van der Waals surface area contributed by atoms with Gasteiger partial charge in [-0.15, -0.1) is 0 Å². The van der Waals surface area contributed by atoms with Gasteiger partial charge in [-0.25, -0.2) is 4.68 Å². The zero-order valence-corrected chi connectivity index (χ0v) is 12.1. The minimum Gasteiger partial charge on any atom is -0.338 e. The van der Waals surface area contributed by atoms with Gasteiger partial charge in [-0.3, -0.25) is 4.79 Å². The fraction of sp³-hybridized carbons (Fsp3) is 0.250. The fourth-order valence-electron chi connectivity index (χ4n) is 2.20. The van der Waals surface area contributed by atoms with Gasteiger partial charge in [0, 0.05) is 24.8 Å². The molecule has 4 nitrogen and oxygen atoms in total. The highest BCUT2D eigenvalue weighted by Gasteiger charge is 2.15. The second-order valence-electron chi connectivity index (χ2n) is 4.80. The number of nitrogens with zero attached hydrogens (tertiary/aromatic N) is 3. The molecule has 0 saturated carbocycles. The lowest BCUT2D eigenvalue weighted by atomic mass is 10.2. The molecule has 0 atom stereocenters. The number of hydrogen-bond donors (Lipinski definition) is 0. The van der Waals surface area contributed by atoms with E-state index in [1.807, 2.05) is 48.9 Å². The Morgan fingerprint density at radius 3 is 2.60 bits per heavy atom. The van der Waals surface area contributed by atoms with Crippen LogP contribution >= 0.6 is 0 Å². The maximum atomic E-state index is 11.6. The summed E-state index contributed by atoms with van der Waals surface area (Å²) in [7, 11) is 1.77. The molecule has 1 heterocycles. The van der Waals surface area contributed by atoms with Crippen LogP contribution < -0.4 is 0 Å². The summed E-state index contributed by atoms with van der Waals surface area (Å²) in [5, 5.41) is 4.57. The minimum atomic E-state index is -0.0868. The fourth-order valence-corrected chi connectivity index (χ4v) is 2.20. The number of carbonyl (C=O) groups excluding carboxylic acids is 1. The van der Waals surface area contributed by atoms with Gasteiger partial charge in [-0.1, -0.05) is 24.8 Å². The van der Waals surface area contributed by atoms with Gasteiger partial charge < -0.3 is 4.90 Å². The van der Waals surface area contributed by atoms with Crippen LogP contribution in [0.1, 0.15) is 17.0 Å². The third kappa shape index (κ3) is 2.64. The van der Waals surface area contributed by atoms with Crippen molar-refractivity contribution >= 4 is 5.91 Å². The summed E-state index contributed by atoms with van der Waals surface area (Å²) < 4.78 is 1.91. The van der Waals surface area contributed by atoms with Crippen LogP contribution in [-0.2, 0) is 11.3 Å². The van der Waals surface area contributed by atoms with E-state index in [1.165, 1.54) is 6.08 Å². The molecule has 0 spiro atoms. The van der Waals surface area contributed by atoms with E-state index in [-0.39, 0.29) is 5.91 Å². The molecule has 0 aliphatic rings. The van der Waals surface area contributed by atoms with Crippen molar-refractivity contribution in [1.29, 1.82) is 0 Å². The summed E-state index contributed by atoms with van der Waals surface area (Å²) in [5.41, 5.74) is 4.09. The largest absolute Gasteiger partial charge is 0.338 e. The molecule has 4 heteroatoms. The SMILES string of the molecule is C=CC(=O)N(C)Cc1c(C)nn(-c2ccccc2)c1C. The van der Waals surface area contributed by atoms with Crippen LogP contribution in [-0.4, -0.2) is 27.6 Å². The smallest absolute Gasteiger partial charge is 0.245 e. The molecule has 0 aliphatic carbocycles. The molecular formula is C16H19N3O. The Balaban J connectivity index is 2.35. The standard InChI is InChI=1S/C16H19N3O/c1-5-16(20)18(4)11-15-12(2)17-19(13(15)3)14-9-7-6-8-10-14/h5-10H,1,11H2,2-4H3. The van der Waals surface area contributed by atoms with Crippen LogP contribution in [0.5, 0.6) is 0 Å². The third-order valence-electron chi connectivity index (χ3n) is 3.39. The summed E-state index contributed by atoms with van der Waals surface area (Å²) in [6, 6.07) is 9.98. The summed E-state index contributed by atoms with van der Waals surface area (Å²) >= 11 is 0. The number of benzene rings is 1. The first-order chi connectivity index (χ1) is 9.54. The van der Waals surface area contributed by atoms with Crippen LogP contribution in [0.4, 0.5) is 0 Å². The second-order valence-corrected chi connectivity index (χ2v) is 4.80. The van der Waals surface area contributed by atoms with E-state index in [1.54, 1.807) is 11.9 Å². The van der Waals surface area contributed by atoms with Gasteiger partial charge in [0.05, 0.1) is 11.4 Å². The molecule has 0 bridgehead atoms. The number of hydrogen-bond acceptors (Lipinski definition) is 2. The van der Waals surface area contributed by atoms with Crippen molar-refractivity contribution < 1.29 is 4.79 Å². The lowest BCUT2D eigenvalue weighted by Crippen LogP contribution is -2.24. The highest BCUT2D eigenvalue weighted by molar-refractivity contribution is 5.86. The van der Waals surface area contributed by atoms with Crippen molar-refractivity contribution in [1.82, 2.24) is 14.7 Å². The third-order valence-corrected chi connectivity index (χ3v) is 3.39. The molecule has 20 heavy (non-hydrogen) atoms. The van der Waals surface area contributed by atoms with Crippen LogP contribution in [0.2, 0.25) is 0 Å². The molecule has 2 aromatic rings. The lowest BCUT2D eigenvalue weighted by molar-refractivity contribution is -0.125. The van der Waals surface area contributed by atoms with Crippen LogP contribution in [0.15, 0.2) is 43.0 Å². The predicted molar refractivity (Wildman–Crippen MR) is 79.7 cm³/mol. The second kappa shape index (κ2) is 5.74. The Kier molecular flexibility index (Phi) is 4.03. The molecule has 0 fully saturated rings. The molecule has 0 N–H and O–H groups in total. The number of para-hydroxylation sites is 1. The van der Waals surface area contributed by atoms with Gasteiger partial charge in [0.15, 0.2) is 0 Å². The highest BCUT2D eigenvalue weighted by Crippen LogP contribution is 2.19. The van der Waals surface area contributed by atoms with Gasteiger partial charge in [0.2, 0.25) is 5.91 Å². The van der Waals surface area contributed by atoms with Gasteiger partial charge in [0.25, 0.3) is 0 Å². The number of aryl methyl sites for hydroxylation is 1. The van der Waals surface area contributed by atoms with Crippen molar-refractivity contribution in [3.8, 4) is 5.69 Å². The average molecular weight is 269 g/mol. The average Bonchev–Trinajstić information content (AvgIpc) is 2.75. The van der Waals surface area contributed by atoms with Crippen molar-refractivity contribution in [3.05, 3.63) is 59.9 Å². The maximum Gasteiger partial charge on any atom is 0.245 e. The lowest BCUT2D eigenvalue weighted by Gasteiger charge is -2.15. The van der Waals surface area contributed by atoms with Gasteiger partial charge in [-0.2, -0.15) is 5.10 Å². The monoisotopic (exact) mass is 269 g/mol. The van der Waals surface area contributed by atoms with Gasteiger partial charge in [-0.05, 0) is 32.1 Å². The van der Waals surface area contributed by atoms with E-state index in [4.69, 9.17) is 0 Å². The van der Waals surface area contributed by atoms with Crippen molar-refractivity contribution in [2.75, 3.05) is 7.05 Å². The van der Waals surface area contributed by atoms with Crippen LogP contribution in [0, 0.1) is 13.8 Å². The Labute approximate surface area is 119 Å². The van der Waals surface area contributed by atoms with E-state index in [0.717, 1.165) is 22.6 Å². The van der Waals surface area contributed by atoms with Crippen molar-refractivity contribution in [2.24, 2.45) is 0 Å². The predicted octanol–water partition coefficient (Wildman–Crippen LogP) is 2.63. The van der Waals surface area contributed by atoms with Crippen LogP contribution in [0.25, 0.3) is 5.69 Å². The van der Waals surface area contributed by atoms with E-state index in [2.05, 4.69) is 11.7 Å². The first-order valence-electron chi connectivity index (χ1n) is 6.52. The summed E-state index contributed by atoms with van der Waals surface area (Å²) in [6.45, 7) is 8.03. The zero-order chi connectivity index (χ0) is 14.7. The normalized spacial score (nSPS) is 10.3. The molecular weight excluding hydrogens is 250 g/mol. The van der Waals surface area contributed by atoms with E-state index in [0.29, 0.717) is 6.54 Å². The number of aromatic nitrogens is 2. The van der Waals surface area contributed by atoms with E-state index in [9.17, 15) is 4.79 Å². The topological polar surface area (TPSA) is 38.1 Å². The molecule has 0 aliphatic heterocycles. The van der Waals surface area contributed by atoms with Crippen molar-refractivity contribution in [3.63, 3.8) is 0 Å². The number of amides is 1. The molecule has 0 saturated heterocycles. The molecule has 2 rings (SSSR count). The quantitative estimate of drug-likeness (QED) is 0.800. The Hall–Kier alpha value is -2.36. The van der Waals surface area contributed by atoms with Crippen LogP contribution in [0.3, 0.4) is 0 Å². The molecule has 1 amide bonds. The molecule has 104 valence electrons. The van der Waals surface area contributed by atoms with Crippen molar-refractivity contribution in [2.45, 2.75) is 20.4 Å². The molecule has 1 aromatic carbocycles. The molecule has 1 aromatic heterocycles.